The summed E-state index contributed by atoms with van der Waals surface area (Å²) in [6.45, 7) is 1.73. The smallest absolute Gasteiger partial charge is 0.273 e. The first kappa shape index (κ1) is 15.9. The highest BCUT2D eigenvalue weighted by atomic mass is 19.1. The third-order valence-corrected chi connectivity index (χ3v) is 3.17. The van der Waals surface area contributed by atoms with Crippen molar-refractivity contribution >= 4 is 11.6 Å². The molecule has 0 unspecified atom stereocenters. The highest BCUT2D eigenvalue weighted by Crippen LogP contribution is 2.16. The van der Waals surface area contributed by atoms with Crippen LogP contribution in [-0.4, -0.2) is 18.7 Å². The maximum atomic E-state index is 12.9. The Balaban J connectivity index is 2.07. The average Bonchev–Trinajstić information content (AvgIpc) is 2.55. The zero-order valence-electron chi connectivity index (χ0n) is 12.4. The van der Waals surface area contributed by atoms with Gasteiger partial charge in [-0.05, 0) is 30.2 Å². The molecule has 1 N–H and O–H groups in total. The van der Waals surface area contributed by atoms with E-state index < -0.39 is 6.10 Å². The Morgan fingerprint density at radius 1 is 1.14 bits per heavy atom. The van der Waals surface area contributed by atoms with Crippen LogP contribution < -0.4 is 5.43 Å². The minimum absolute atomic E-state index is 0.316. The number of nitrogens with zero attached hydrogens (tertiary/aromatic N) is 1. The molecule has 0 saturated heterocycles. The van der Waals surface area contributed by atoms with Gasteiger partial charge in [0.2, 0.25) is 0 Å². The fraction of sp³-hybridized carbons (Fsp3) is 0.176. The molecule has 2 rings (SSSR count). The molecular formula is C17H17FN2O2. The van der Waals surface area contributed by atoms with E-state index >= 15 is 0 Å². The molecule has 1 amide bonds. The Hall–Kier alpha value is -2.53. The second kappa shape index (κ2) is 7.47. The van der Waals surface area contributed by atoms with E-state index in [2.05, 4.69) is 10.5 Å². The number of carbonyl (C=O) groups is 1. The predicted molar refractivity (Wildman–Crippen MR) is 82.9 cm³/mol. The molecule has 0 fully saturated rings. The molecule has 1 atom stereocenters. The number of methoxy groups -OCH3 is 1. The van der Waals surface area contributed by atoms with Gasteiger partial charge in [0.1, 0.15) is 5.82 Å². The number of hydrogen-bond donors (Lipinski definition) is 1. The van der Waals surface area contributed by atoms with Crippen molar-refractivity contribution in [2.24, 2.45) is 5.10 Å². The number of ether oxygens (including phenoxy) is 1. The molecule has 0 saturated carbocycles. The number of nitrogens with one attached hydrogen (secondary N) is 1. The standard InChI is InChI=1S/C17H17FN2O2/c1-12(13-8-10-15(18)11-9-13)19-20-17(21)16(22-2)14-6-4-3-5-7-14/h3-11,16H,1-2H3,(H,20,21)/b19-12-/t16-/m0/s1. The quantitative estimate of drug-likeness (QED) is 0.681. The molecule has 22 heavy (non-hydrogen) atoms. The molecular weight excluding hydrogens is 283 g/mol. The third kappa shape index (κ3) is 3.99. The largest absolute Gasteiger partial charge is 0.367 e. The van der Waals surface area contributed by atoms with E-state index in [-0.39, 0.29) is 11.7 Å². The first-order valence-electron chi connectivity index (χ1n) is 6.79. The number of carbonyl (C=O) groups excluding carboxylic acids is 1. The summed E-state index contributed by atoms with van der Waals surface area (Å²) >= 11 is 0. The fourth-order valence-electron chi connectivity index (χ4n) is 1.98. The Labute approximate surface area is 128 Å². The molecule has 2 aromatic rings. The van der Waals surface area contributed by atoms with Crippen molar-refractivity contribution in [2.75, 3.05) is 7.11 Å². The van der Waals surface area contributed by atoms with Crippen molar-refractivity contribution in [3.8, 4) is 0 Å². The van der Waals surface area contributed by atoms with Crippen LogP contribution in [0.3, 0.4) is 0 Å². The van der Waals surface area contributed by atoms with E-state index in [0.29, 0.717) is 5.71 Å². The first-order chi connectivity index (χ1) is 10.6. The molecule has 5 heteroatoms. The van der Waals surface area contributed by atoms with E-state index in [1.54, 1.807) is 19.1 Å². The molecule has 0 aliphatic heterocycles. The molecule has 0 aromatic heterocycles. The van der Waals surface area contributed by atoms with Gasteiger partial charge in [-0.25, -0.2) is 9.82 Å². The Morgan fingerprint density at radius 3 is 2.36 bits per heavy atom. The summed E-state index contributed by atoms with van der Waals surface area (Å²) in [6.07, 6.45) is -0.731. The fourth-order valence-corrected chi connectivity index (χ4v) is 1.98. The second-order valence-electron chi connectivity index (χ2n) is 4.71. The van der Waals surface area contributed by atoms with Crippen LogP contribution in [0.2, 0.25) is 0 Å². The minimum atomic E-state index is -0.731. The first-order valence-corrected chi connectivity index (χ1v) is 6.79. The maximum Gasteiger partial charge on any atom is 0.273 e. The van der Waals surface area contributed by atoms with E-state index in [4.69, 9.17) is 4.74 Å². The third-order valence-electron chi connectivity index (χ3n) is 3.17. The number of hydrogen-bond acceptors (Lipinski definition) is 3. The number of rotatable bonds is 5. The number of amides is 1. The lowest BCUT2D eigenvalue weighted by Crippen LogP contribution is -2.27. The SMILES string of the molecule is CO[C@H](C(=O)N/N=C(/C)c1ccc(F)cc1)c1ccccc1. The summed E-state index contributed by atoms with van der Waals surface area (Å²) in [7, 11) is 1.47. The van der Waals surface area contributed by atoms with Crippen molar-refractivity contribution in [3.63, 3.8) is 0 Å². The van der Waals surface area contributed by atoms with Crippen LogP contribution in [0.4, 0.5) is 4.39 Å². The van der Waals surface area contributed by atoms with Gasteiger partial charge in [-0.1, -0.05) is 42.5 Å². The lowest BCUT2D eigenvalue weighted by atomic mass is 10.1. The van der Waals surface area contributed by atoms with E-state index in [1.165, 1.54) is 19.2 Å². The molecule has 0 aliphatic rings. The average molecular weight is 300 g/mol. The van der Waals surface area contributed by atoms with Gasteiger partial charge >= 0.3 is 0 Å². The number of hydrazone groups is 1. The Morgan fingerprint density at radius 2 is 1.77 bits per heavy atom. The summed E-state index contributed by atoms with van der Waals surface area (Å²) in [5, 5.41) is 4.03. The molecule has 0 bridgehead atoms. The summed E-state index contributed by atoms with van der Waals surface area (Å²) in [4.78, 5) is 12.2. The van der Waals surface area contributed by atoms with Gasteiger partial charge in [-0.2, -0.15) is 5.10 Å². The van der Waals surface area contributed by atoms with Crippen LogP contribution in [0.1, 0.15) is 24.2 Å². The van der Waals surface area contributed by atoms with Gasteiger partial charge in [0.15, 0.2) is 6.10 Å². The van der Waals surface area contributed by atoms with Gasteiger partial charge in [0.05, 0.1) is 5.71 Å². The molecule has 0 spiro atoms. The molecule has 0 aliphatic carbocycles. The Bertz CT molecular complexity index is 654. The summed E-state index contributed by atoms with van der Waals surface area (Å²) in [5.41, 5.74) is 4.53. The van der Waals surface area contributed by atoms with Crippen LogP contribution in [0.15, 0.2) is 59.7 Å². The molecule has 0 heterocycles. The van der Waals surface area contributed by atoms with Crippen LogP contribution in [-0.2, 0) is 9.53 Å². The highest BCUT2D eigenvalue weighted by molar-refractivity contribution is 5.99. The Kier molecular flexibility index (Phi) is 5.38. The minimum Gasteiger partial charge on any atom is -0.367 e. The molecule has 2 aromatic carbocycles. The summed E-state index contributed by atoms with van der Waals surface area (Å²) in [5.74, 6) is -0.681. The van der Waals surface area contributed by atoms with Crippen LogP contribution in [0.5, 0.6) is 0 Å². The normalized spacial score (nSPS) is 12.8. The van der Waals surface area contributed by atoms with Gasteiger partial charge in [0.25, 0.3) is 5.91 Å². The van der Waals surface area contributed by atoms with Crippen LogP contribution in [0.25, 0.3) is 0 Å². The molecule has 0 radical (unpaired) electrons. The zero-order chi connectivity index (χ0) is 15.9. The van der Waals surface area contributed by atoms with Crippen molar-refractivity contribution in [1.29, 1.82) is 0 Å². The summed E-state index contributed by atoms with van der Waals surface area (Å²) < 4.78 is 18.1. The lowest BCUT2D eigenvalue weighted by molar-refractivity contribution is -0.131. The predicted octanol–water partition coefficient (Wildman–Crippen LogP) is 3.05. The number of benzene rings is 2. The summed E-state index contributed by atoms with van der Waals surface area (Å²) in [6, 6.07) is 15.1. The van der Waals surface area contributed by atoms with Crippen molar-refractivity contribution in [3.05, 3.63) is 71.5 Å². The van der Waals surface area contributed by atoms with Gasteiger partial charge < -0.3 is 4.74 Å². The van der Waals surface area contributed by atoms with Crippen LogP contribution in [0, 0.1) is 5.82 Å². The van der Waals surface area contributed by atoms with Crippen molar-refractivity contribution < 1.29 is 13.9 Å². The van der Waals surface area contributed by atoms with E-state index in [9.17, 15) is 9.18 Å². The topological polar surface area (TPSA) is 50.7 Å². The van der Waals surface area contributed by atoms with E-state index in [0.717, 1.165) is 11.1 Å². The van der Waals surface area contributed by atoms with Gasteiger partial charge in [0, 0.05) is 7.11 Å². The highest BCUT2D eigenvalue weighted by Gasteiger charge is 2.19. The monoisotopic (exact) mass is 300 g/mol. The molecule has 114 valence electrons. The van der Waals surface area contributed by atoms with Crippen molar-refractivity contribution in [1.82, 2.24) is 5.43 Å². The van der Waals surface area contributed by atoms with Gasteiger partial charge in [-0.3, -0.25) is 4.79 Å². The van der Waals surface area contributed by atoms with Crippen LogP contribution >= 0.6 is 0 Å². The zero-order valence-corrected chi connectivity index (χ0v) is 12.4. The molecule has 4 nitrogen and oxygen atoms in total. The second-order valence-corrected chi connectivity index (χ2v) is 4.71. The maximum absolute atomic E-state index is 12.9. The van der Waals surface area contributed by atoms with Gasteiger partial charge in [-0.15, -0.1) is 0 Å². The number of halogens is 1. The van der Waals surface area contributed by atoms with Crippen molar-refractivity contribution in [2.45, 2.75) is 13.0 Å². The lowest BCUT2D eigenvalue weighted by Gasteiger charge is -2.14. The van der Waals surface area contributed by atoms with E-state index in [1.807, 2.05) is 30.3 Å².